The third-order valence-electron chi connectivity index (χ3n) is 4.13. The largest absolute Gasteiger partial charge is 0.486 e. The Morgan fingerprint density at radius 1 is 1.18 bits per heavy atom. The van der Waals surface area contributed by atoms with Crippen molar-refractivity contribution in [1.29, 1.82) is 0 Å². The summed E-state index contributed by atoms with van der Waals surface area (Å²) in [6, 6.07) is 9.69. The molecule has 0 radical (unpaired) electrons. The molecule has 3 heterocycles. The van der Waals surface area contributed by atoms with Crippen LogP contribution in [0.3, 0.4) is 0 Å². The van der Waals surface area contributed by atoms with E-state index in [-0.39, 0.29) is 0 Å². The van der Waals surface area contributed by atoms with Gasteiger partial charge in [-0.1, -0.05) is 0 Å². The van der Waals surface area contributed by atoms with E-state index in [1.807, 2.05) is 47.3 Å². The topological polar surface area (TPSA) is 70.5 Å². The third-order valence-corrected chi connectivity index (χ3v) is 4.98. The maximum absolute atomic E-state index is 5.72. The Morgan fingerprint density at radius 3 is 2.82 bits per heavy atom. The van der Waals surface area contributed by atoms with Crippen LogP contribution in [0.2, 0.25) is 0 Å². The molecule has 146 valence electrons. The maximum Gasteiger partial charge on any atom is 0.206 e. The first-order chi connectivity index (χ1) is 13.7. The number of rotatable bonds is 6. The van der Waals surface area contributed by atoms with Crippen LogP contribution in [0.1, 0.15) is 11.5 Å². The van der Waals surface area contributed by atoms with Gasteiger partial charge in [0.05, 0.1) is 25.1 Å². The average molecular weight is 399 g/mol. The molecule has 0 bridgehead atoms. The fourth-order valence-electron chi connectivity index (χ4n) is 2.79. The van der Waals surface area contributed by atoms with Crippen molar-refractivity contribution in [3.05, 3.63) is 52.0 Å². The predicted molar refractivity (Wildman–Crippen MR) is 107 cm³/mol. The zero-order valence-electron chi connectivity index (χ0n) is 15.8. The Morgan fingerprint density at radius 2 is 2.04 bits per heavy atom. The molecule has 0 aliphatic carbocycles. The summed E-state index contributed by atoms with van der Waals surface area (Å²) in [5, 5.41) is 6.65. The van der Waals surface area contributed by atoms with Gasteiger partial charge in [0.2, 0.25) is 4.80 Å². The zero-order valence-corrected chi connectivity index (χ0v) is 16.6. The molecule has 0 unspecified atom stereocenters. The molecular formula is C20H21N3O4S. The molecule has 7 nitrogen and oxygen atoms in total. The van der Waals surface area contributed by atoms with Crippen LogP contribution in [-0.2, 0) is 4.74 Å². The van der Waals surface area contributed by atoms with Crippen molar-refractivity contribution in [2.75, 3.05) is 33.5 Å². The smallest absolute Gasteiger partial charge is 0.206 e. The molecule has 0 fully saturated rings. The van der Waals surface area contributed by atoms with Gasteiger partial charge in [-0.25, -0.2) is 4.68 Å². The first kappa shape index (κ1) is 18.5. The van der Waals surface area contributed by atoms with Crippen LogP contribution in [0.5, 0.6) is 11.5 Å². The van der Waals surface area contributed by atoms with Gasteiger partial charge in [0, 0.05) is 18.1 Å². The lowest BCUT2D eigenvalue weighted by atomic mass is 10.1. The molecule has 1 aromatic carbocycles. The summed E-state index contributed by atoms with van der Waals surface area (Å²) in [6.45, 7) is 4.14. The van der Waals surface area contributed by atoms with E-state index in [9.17, 15) is 0 Å². The van der Waals surface area contributed by atoms with E-state index in [0.29, 0.717) is 32.1 Å². The number of ether oxygens (including phenoxy) is 3. The number of methoxy groups -OCH3 is 1. The van der Waals surface area contributed by atoms with Crippen LogP contribution in [0.25, 0.3) is 11.3 Å². The first-order valence-corrected chi connectivity index (χ1v) is 9.83. The number of fused-ring (bicyclic) bond motifs is 1. The molecule has 28 heavy (non-hydrogen) atoms. The van der Waals surface area contributed by atoms with Gasteiger partial charge in [0.15, 0.2) is 11.5 Å². The highest BCUT2D eigenvalue weighted by Crippen LogP contribution is 2.34. The van der Waals surface area contributed by atoms with Gasteiger partial charge in [0.25, 0.3) is 0 Å². The summed E-state index contributed by atoms with van der Waals surface area (Å²) in [5.74, 6) is 3.03. The van der Waals surface area contributed by atoms with E-state index in [1.165, 1.54) is 11.3 Å². The molecule has 1 aliphatic heterocycles. The Hall–Kier alpha value is -2.84. The molecule has 3 aromatic rings. The molecule has 8 heteroatoms. The van der Waals surface area contributed by atoms with Gasteiger partial charge in [-0.3, -0.25) is 4.99 Å². The van der Waals surface area contributed by atoms with Crippen LogP contribution in [0.15, 0.2) is 50.2 Å². The number of nitrogens with zero attached hydrogens (tertiary/aromatic N) is 3. The number of aromatic nitrogens is 1. The normalized spacial score (nSPS) is 14.1. The number of aryl methyl sites for hydroxylation is 1. The van der Waals surface area contributed by atoms with Crippen molar-refractivity contribution < 1.29 is 18.6 Å². The van der Waals surface area contributed by atoms with Crippen molar-refractivity contribution in [3.8, 4) is 22.8 Å². The van der Waals surface area contributed by atoms with Crippen LogP contribution in [-0.4, -0.2) is 44.4 Å². The van der Waals surface area contributed by atoms with Crippen molar-refractivity contribution in [1.82, 2.24) is 4.68 Å². The van der Waals surface area contributed by atoms with E-state index in [1.54, 1.807) is 13.3 Å². The molecule has 4 rings (SSSR count). The molecule has 0 saturated heterocycles. The number of benzene rings is 1. The Labute approximate surface area is 166 Å². The summed E-state index contributed by atoms with van der Waals surface area (Å²) in [4.78, 5) is 5.38. The van der Waals surface area contributed by atoms with E-state index in [0.717, 1.165) is 33.3 Å². The zero-order chi connectivity index (χ0) is 19.3. The molecule has 2 aromatic heterocycles. The quantitative estimate of drug-likeness (QED) is 0.471. The third kappa shape index (κ3) is 4.02. The fourth-order valence-corrected chi connectivity index (χ4v) is 3.65. The summed E-state index contributed by atoms with van der Waals surface area (Å²) in [7, 11) is 1.66. The SMILES string of the molecule is COCCN=c1scc(-c2ccc3c(c2)OCCO3)n1/N=C\c1ccc(C)o1. The molecular weight excluding hydrogens is 378 g/mol. The van der Waals surface area contributed by atoms with Gasteiger partial charge < -0.3 is 18.6 Å². The number of hydrogen-bond acceptors (Lipinski definition) is 7. The van der Waals surface area contributed by atoms with Crippen molar-refractivity contribution in [2.45, 2.75) is 6.92 Å². The average Bonchev–Trinajstić information content (AvgIpc) is 3.32. The number of thiazole rings is 1. The van der Waals surface area contributed by atoms with Gasteiger partial charge in [-0.2, -0.15) is 5.10 Å². The van der Waals surface area contributed by atoms with Crippen LogP contribution < -0.4 is 14.3 Å². The van der Waals surface area contributed by atoms with Crippen molar-refractivity contribution in [2.24, 2.45) is 10.1 Å². The summed E-state index contributed by atoms with van der Waals surface area (Å²) >= 11 is 1.52. The molecule has 1 aliphatic rings. The summed E-state index contributed by atoms with van der Waals surface area (Å²) in [5.41, 5.74) is 1.89. The Balaban J connectivity index is 1.74. The van der Waals surface area contributed by atoms with E-state index >= 15 is 0 Å². The standard InChI is InChI=1S/C20H21N3O4S/c1-14-3-5-16(27-14)12-22-23-17(13-28-20(23)21-7-8-24-2)15-4-6-18-19(11-15)26-10-9-25-18/h3-6,11-13H,7-10H2,1-2H3/b21-20?,22-12-. The van der Waals surface area contributed by atoms with Crippen LogP contribution in [0.4, 0.5) is 0 Å². The highest BCUT2D eigenvalue weighted by Gasteiger charge is 2.15. The second kappa shape index (κ2) is 8.45. The Bertz CT molecular complexity index is 1050. The fraction of sp³-hybridized carbons (Fsp3) is 0.300. The first-order valence-electron chi connectivity index (χ1n) is 8.95. The summed E-state index contributed by atoms with van der Waals surface area (Å²) < 4.78 is 23.8. The van der Waals surface area contributed by atoms with Gasteiger partial charge >= 0.3 is 0 Å². The second-order valence-electron chi connectivity index (χ2n) is 6.14. The monoisotopic (exact) mass is 399 g/mol. The minimum Gasteiger partial charge on any atom is -0.486 e. The lowest BCUT2D eigenvalue weighted by Gasteiger charge is -2.18. The molecule has 0 amide bonds. The number of furan rings is 1. The van der Waals surface area contributed by atoms with E-state index in [2.05, 4.69) is 10.1 Å². The van der Waals surface area contributed by atoms with Crippen LogP contribution in [0, 0.1) is 6.92 Å². The van der Waals surface area contributed by atoms with E-state index in [4.69, 9.17) is 18.6 Å². The molecule has 0 atom stereocenters. The highest BCUT2D eigenvalue weighted by molar-refractivity contribution is 7.07. The van der Waals surface area contributed by atoms with Gasteiger partial charge in [-0.15, -0.1) is 11.3 Å². The van der Waals surface area contributed by atoms with Gasteiger partial charge in [0.1, 0.15) is 24.7 Å². The minimum absolute atomic E-state index is 0.549. The lowest BCUT2D eigenvalue weighted by Crippen LogP contribution is -2.16. The van der Waals surface area contributed by atoms with Gasteiger partial charge in [-0.05, 0) is 37.3 Å². The maximum atomic E-state index is 5.72. The second-order valence-corrected chi connectivity index (χ2v) is 6.98. The van der Waals surface area contributed by atoms with Crippen molar-refractivity contribution >= 4 is 17.6 Å². The highest BCUT2D eigenvalue weighted by atomic mass is 32.1. The van der Waals surface area contributed by atoms with Crippen LogP contribution >= 0.6 is 11.3 Å². The van der Waals surface area contributed by atoms with Crippen molar-refractivity contribution in [3.63, 3.8) is 0 Å². The molecule has 0 N–H and O–H groups in total. The molecule has 0 spiro atoms. The Kier molecular flexibility index (Phi) is 5.59. The van der Waals surface area contributed by atoms with E-state index < -0.39 is 0 Å². The number of hydrogen-bond donors (Lipinski definition) is 0. The predicted octanol–water partition coefficient (Wildman–Crippen LogP) is 3.32. The summed E-state index contributed by atoms with van der Waals surface area (Å²) in [6.07, 6.45) is 1.69. The minimum atomic E-state index is 0.549. The lowest BCUT2D eigenvalue weighted by molar-refractivity contribution is 0.171. The molecule has 0 saturated carbocycles.